The summed E-state index contributed by atoms with van der Waals surface area (Å²) >= 11 is 0. The van der Waals surface area contributed by atoms with E-state index in [1.807, 2.05) is 0 Å². The van der Waals surface area contributed by atoms with Crippen molar-refractivity contribution in [2.75, 3.05) is 6.54 Å². The molecule has 0 fully saturated rings. The average Bonchev–Trinajstić information content (AvgIpc) is 2.33. The molecular weight excluding hydrogens is 322 g/mol. The van der Waals surface area contributed by atoms with Crippen molar-refractivity contribution in [1.82, 2.24) is 0 Å². The van der Waals surface area contributed by atoms with Crippen LogP contribution in [0.5, 0.6) is 0 Å². The number of nitrogens with zero attached hydrogens (tertiary/aromatic N) is 1. The van der Waals surface area contributed by atoms with Crippen LogP contribution in [0.15, 0.2) is 24.5 Å². The van der Waals surface area contributed by atoms with Crippen LogP contribution in [0.25, 0.3) is 0 Å². The molecule has 0 saturated heterocycles. The number of nitrogens with two attached hydrogens (primary N) is 1. The molecule has 0 aliphatic carbocycles. The Bertz CT molecular complexity index is 516. The fourth-order valence-corrected chi connectivity index (χ4v) is 4.60. The summed E-state index contributed by atoms with van der Waals surface area (Å²) in [4.78, 5) is 45.9. The first-order chi connectivity index (χ1) is 9.54. The van der Waals surface area contributed by atoms with E-state index in [2.05, 4.69) is 0 Å². The number of hydrogen-bond donors (Lipinski definition) is 7. The van der Waals surface area contributed by atoms with Crippen LogP contribution in [0.2, 0.25) is 0 Å². The monoisotopic (exact) mass is 343 g/mol. The van der Waals surface area contributed by atoms with Crippen molar-refractivity contribution in [3.05, 3.63) is 30.1 Å². The van der Waals surface area contributed by atoms with E-state index in [1.165, 1.54) is 12.3 Å². The van der Waals surface area contributed by atoms with Crippen LogP contribution in [0, 0.1) is 0 Å². The SMILES string of the molecule is NCC(O)C[n+]1cccc(CC(P(=O)(O)O)[PH](O)(O)O)c1. The minimum atomic E-state index is -5.00. The normalized spacial score (nSPS) is 16.5. The molecule has 0 aliphatic rings. The topological polar surface area (TPSA) is 168 Å². The number of rotatable bonds is 7. The molecule has 122 valence electrons. The summed E-state index contributed by atoms with van der Waals surface area (Å²) in [5.74, 6) is 0. The molecule has 1 rings (SSSR count). The molecule has 0 bridgehead atoms. The third-order valence-corrected chi connectivity index (χ3v) is 7.04. The van der Waals surface area contributed by atoms with Crippen molar-refractivity contribution in [2.24, 2.45) is 5.73 Å². The Morgan fingerprint density at radius 2 is 1.95 bits per heavy atom. The molecule has 8 N–H and O–H groups in total. The molecule has 21 heavy (non-hydrogen) atoms. The molecule has 2 unspecified atom stereocenters. The van der Waals surface area contributed by atoms with E-state index in [-0.39, 0.29) is 13.1 Å². The summed E-state index contributed by atoms with van der Waals surface area (Å²) in [6, 6.07) is 3.10. The first-order valence-electron chi connectivity index (χ1n) is 6.12. The Balaban J connectivity index is 2.95. The second-order valence-corrected chi connectivity index (χ2v) is 9.15. The van der Waals surface area contributed by atoms with Crippen LogP contribution in [0.4, 0.5) is 0 Å². The minimum absolute atomic E-state index is 0.0578. The summed E-state index contributed by atoms with van der Waals surface area (Å²) in [6.45, 7) is 0.243. The van der Waals surface area contributed by atoms with Gasteiger partial charge in [0.2, 0.25) is 0 Å². The van der Waals surface area contributed by atoms with E-state index in [0.29, 0.717) is 5.56 Å². The van der Waals surface area contributed by atoms with Gasteiger partial charge in [0.05, 0.1) is 0 Å². The van der Waals surface area contributed by atoms with Crippen molar-refractivity contribution in [2.45, 2.75) is 24.5 Å². The van der Waals surface area contributed by atoms with Crippen LogP contribution < -0.4 is 10.3 Å². The van der Waals surface area contributed by atoms with E-state index < -0.39 is 33.5 Å². The van der Waals surface area contributed by atoms with Crippen molar-refractivity contribution >= 4 is 15.5 Å². The fourth-order valence-electron chi connectivity index (χ4n) is 1.83. The fraction of sp³-hybridized carbons (Fsp3) is 0.500. The van der Waals surface area contributed by atoms with Crippen LogP contribution >= 0.6 is 15.5 Å². The molecule has 0 spiro atoms. The van der Waals surface area contributed by atoms with Crippen LogP contribution in [-0.2, 0) is 17.5 Å². The molecule has 0 aromatic carbocycles. The Morgan fingerprint density at radius 3 is 2.43 bits per heavy atom. The predicted molar refractivity (Wildman–Crippen MR) is 76.2 cm³/mol. The van der Waals surface area contributed by atoms with Gasteiger partial charge < -0.3 is 0 Å². The van der Waals surface area contributed by atoms with Gasteiger partial charge in [-0.05, 0) is 0 Å². The van der Waals surface area contributed by atoms with Crippen LogP contribution in [-0.4, -0.2) is 47.6 Å². The van der Waals surface area contributed by atoms with E-state index in [0.717, 1.165) is 0 Å². The van der Waals surface area contributed by atoms with Gasteiger partial charge in [0.15, 0.2) is 0 Å². The van der Waals surface area contributed by atoms with Crippen molar-refractivity contribution in [1.29, 1.82) is 0 Å². The average molecular weight is 343 g/mol. The standard InChI is InChI=1S/C10H20N2O7P2/c11-5-9(13)7-12-3-1-2-8(6-12)4-10(20(14,15)16)21(17,18)19/h1-3,6,9-10,13-16,20H,4-5,7,11H2,(H-,17,18,19)/p+1. The van der Waals surface area contributed by atoms with E-state index >= 15 is 0 Å². The second-order valence-electron chi connectivity index (χ2n) is 4.79. The third-order valence-electron chi connectivity index (χ3n) is 2.90. The molecule has 0 radical (unpaired) electrons. The molecule has 9 nitrogen and oxygen atoms in total. The molecule has 11 heteroatoms. The van der Waals surface area contributed by atoms with Gasteiger partial charge in [-0.15, -0.1) is 0 Å². The summed E-state index contributed by atoms with van der Waals surface area (Å²) in [7, 11) is -9.88. The maximum atomic E-state index is 11.3. The zero-order valence-corrected chi connectivity index (χ0v) is 13.0. The zero-order valence-electron chi connectivity index (χ0n) is 11.1. The maximum absolute atomic E-state index is 11.3. The number of hydrogen-bond acceptors (Lipinski definition) is 6. The Kier molecular flexibility index (Phi) is 6.36. The number of aliphatic hydroxyl groups is 1. The van der Waals surface area contributed by atoms with Gasteiger partial charge in [-0.2, -0.15) is 0 Å². The van der Waals surface area contributed by atoms with Gasteiger partial charge in [0, 0.05) is 0 Å². The molecule has 1 heterocycles. The van der Waals surface area contributed by atoms with Gasteiger partial charge in [-0.1, -0.05) is 0 Å². The van der Waals surface area contributed by atoms with E-state index in [4.69, 9.17) is 15.5 Å². The molecule has 1 aromatic heterocycles. The van der Waals surface area contributed by atoms with Crippen molar-refractivity contribution in [3.8, 4) is 0 Å². The Hall–Kier alpha value is -0.470. The molecule has 0 aliphatic heterocycles. The predicted octanol–water partition coefficient (Wildman–Crippen LogP) is -2.19. The summed E-state index contributed by atoms with van der Waals surface area (Å²) in [6.07, 6.45) is 1.93. The molecule has 0 amide bonds. The van der Waals surface area contributed by atoms with E-state index in [9.17, 15) is 24.4 Å². The van der Waals surface area contributed by atoms with Gasteiger partial charge in [0.25, 0.3) is 0 Å². The number of aromatic nitrogens is 1. The van der Waals surface area contributed by atoms with Crippen LogP contribution in [0.1, 0.15) is 5.56 Å². The summed E-state index contributed by atoms with van der Waals surface area (Å²) in [5.41, 5.74) is 5.67. The quantitative estimate of drug-likeness (QED) is 0.216. The first-order valence-corrected chi connectivity index (χ1v) is 9.72. The van der Waals surface area contributed by atoms with Gasteiger partial charge in [0.1, 0.15) is 0 Å². The number of aliphatic hydroxyl groups excluding tert-OH is 1. The zero-order chi connectivity index (χ0) is 16.3. The molecule has 0 saturated carbocycles. The van der Waals surface area contributed by atoms with Gasteiger partial charge >= 0.3 is 121 Å². The molecule has 1 aromatic rings. The Labute approximate surface area is 122 Å². The van der Waals surface area contributed by atoms with Gasteiger partial charge in [-0.25, -0.2) is 0 Å². The first kappa shape index (κ1) is 18.6. The number of pyridine rings is 1. The second kappa shape index (κ2) is 7.19. The van der Waals surface area contributed by atoms with Crippen molar-refractivity contribution in [3.63, 3.8) is 0 Å². The summed E-state index contributed by atoms with van der Waals surface area (Å²) in [5, 5.41) is 7.51. The van der Waals surface area contributed by atoms with Crippen molar-refractivity contribution < 1.29 is 38.7 Å². The summed E-state index contributed by atoms with van der Waals surface area (Å²) < 4.78 is 12.8. The van der Waals surface area contributed by atoms with Gasteiger partial charge in [-0.3, -0.25) is 0 Å². The van der Waals surface area contributed by atoms with Crippen LogP contribution in [0.3, 0.4) is 0 Å². The Morgan fingerprint density at radius 1 is 1.33 bits per heavy atom. The molecule has 2 atom stereocenters. The third kappa shape index (κ3) is 6.04. The van der Waals surface area contributed by atoms with E-state index in [1.54, 1.807) is 16.8 Å². The molecular formula is C10H21N2O7P2+.